The van der Waals surface area contributed by atoms with E-state index in [2.05, 4.69) is 35.7 Å². The largest absolute Gasteiger partial charge is 0.278 e. The van der Waals surface area contributed by atoms with Crippen LogP contribution in [0.3, 0.4) is 0 Å². The van der Waals surface area contributed by atoms with Gasteiger partial charge in [-0.2, -0.15) is 0 Å². The molecular weight excluding hydrogens is 322 g/mol. The van der Waals surface area contributed by atoms with Gasteiger partial charge in [0.25, 0.3) is 5.56 Å². The van der Waals surface area contributed by atoms with Crippen LogP contribution >= 0.6 is 11.8 Å². The van der Waals surface area contributed by atoms with Crippen LogP contribution in [-0.2, 0) is 12.0 Å². The zero-order chi connectivity index (χ0) is 17.5. The van der Waals surface area contributed by atoms with Crippen LogP contribution in [-0.4, -0.2) is 30.6 Å². The van der Waals surface area contributed by atoms with Gasteiger partial charge >= 0.3 is 0 Å². The second-order valence-corrected chi connectivity index (χ2v) is 7.35. The number of hydrogen-bond donors (Lipinski definition) is 0. The molecule has 0 saturated carbocycles. The summed E-state index contributed by atoms with van der Waals surface area (Å²) in [6, 6.07) is 3.92. The van der Waals surface area contributed by atoms with Crippen molar-refractivity contribution in [2.24, 2.45) is 0 Å². The van der Waals surface area contributed by atoms with E-state index >= 15 is 0 Å². The average Bonchev–Trinajstić information content (AvgIpc) is 2.85. The first-order valence-electron chi connectivity index (χ1n) is 7.86. The Bertz CT molecular complexity index is 952. The van der Waals surface area contributed by atoms with Crippen molar-refractivity contribution in [2.45, 2.75) is 44.8 Å². The summed E-state index contributed by atoms with van der Waals surface area (Å²) in [7, 11) is 0. The van der Waals surface area contributed by atoms with E-state index in [-0.39, 0.29) is 11.0 Å². The molecule has 3 aromatic rings. The highest BCUT2D eigenvalue weighted by Crippen LogP contribution is 2.24. The van der Waals surface area contributed by atoms with Gasteiger partial charge in [-0.15, -0.1) is 0 Å². The van der Waals surface area contributed by atoms with E-state index in [1.54, 1.807) is 17.1 Å². The molecule has 0 atom stereocenters. The fraction of sp³-hybridized carbons (Fsp3) is 0.412. The fourth-order valence-electron chi connectivity index (χ4n) is 2.62. The van der Waals surface area contributed by atoms with E-state index in [9.17, 15) is 4.79 Å². The lowest BCUT2D eigenvalue weighted by Crippen LogP contribution is -2.22. The molecule has 0 bridgehead atoms. The van der Waals surface area contributed by atoms with Gasteiger partial charge in [-0.1, -0.05) is 32.5 Å². The molecule has 7 heteroatoms. The summed E-state index contributed by atoms with van der Waals surface area (Å²) >= 11 is 1.46. The Balaban J connectivity index is 2.35. The molecular formula is C17H21N5OS. The Labute approximate surface area is 144 Å². The predicted molar refractivity (Wildman–Crippen MR) is 97.1 cm³/mol. The smallest absolute Gasteiger partial charge is 0.267 e. The van der Waals surface area contributed by atoms with Gasteiger partial charge < -0.3 is 0 Å². The number of rotatable bonds is 3. The molecule has 24 heavy (non-hydrogen) atoms. The molecule has 0 spiro atoms. The van der Waals surface area contributed by atoms with Gasteiger partial charge in [0.05, 0.1) is 5.69 Å². The Morgan fingerprint density at radius 3 is 2.62 bits per heavy atom. The first-order chi connectivity index (χ1) is 11.4. The van der Waals surface area contributed by atoms with Crippen molar-refractivity contribution in [3.8, 4) is 5.69 Å². The van der Waals surface area contributed by atoms with Crippen molar-refractivity contribution in [1.82, 2.24) is 24.3 Å². The lowest BCUT2D eigenvalue weighted by Gasteiger charge is -2.19. The van der Waals surface area contributed by atoms with Gasteiger partial charge in [0.15, 0.2) is 10.8 Å². The molecule has 0 unspecified atom stereocenters. The van der Waals surface area contributed by atoms with E-state index in [1.807, 2.05) is 30.0 Å². The van der Waals surface area contributed by atoms with Gasteiger partial charge in [0.2, 0.25) is 0 Å². The fourth-order valence-corrected chi connectivity index (χ4v) is 2.96. The minimum atomic E-state index is -0.0747. The Hall–Kier alpha value is -2.15. The highest BCUT2D eigenvalue weighted by molar-refractivity contribution is 7.98. The summed E-state index contributed by atoms with van der Waals surface area (Å²) in [6.45, 7) is 8.86. The Kier molecular flexibility index (Phi) is 4.21. The van der Waals surface area contributed by atoms with Crippen LogP contribution in [0.25, 0.3) is 16.7 Å². The molecule has 126 valence electrons. The minimum Gasteiger partial charge on any atom is -0.267 e. The maximum atomic E-state index is 12.7. The average molecular weight is 343 g/mol. The molecule has 3 heterocycles. The maximum Gasteiger partial charge on any atom is 0.278 e. The topological polar surface area (TPSA) is 65.6 Å². The van der Waals surface area contributed by atoms with Crippen LogP contribution in [0.4, 0.5) is 0 Å². The highest BCUT2D eigenvalue weighted by atomic mass is 32.2. The van der Waals surface area contributed by atoms with Crippen LogP contribution in [0.2, 0.25) is 0 Å². The molecule has 0 saturated heterocycles. The molecule has 0 radical (unpaired) electrons. The lowest BCUT2D eigenvalue weighted by atomic mass is 9.91. The van der Waals surface area contributed by atoms with Gasteiger partial charge in [0, 0.05) is 30.0 Å². The molecule has 0 aliphatic carbocycles. The number of pyridine rings is 1. The first kappa shape index (κ1) is 16.7. The zero-order valence-electron chi connectivity index (χ0n) is 14.6. The predicted octanol–water partition coefficient (Wildman–Crippen LogP) is 3.02. The Morgan fingerprint density at radius 1 is 1.25 bits per heavy atom. The molecule has 0 N–H and O–H groups in total. The second-order valence-electron chi connectivity index (χ2n) is 6.58. The Morgan fingerprint density at radius 2 is 2.00 bits per heavy atom. The lowest BCUT2D eigenvalue weighted by molar-refractivity contribution is 0.556. The molecule has 6 nitrogen and oxygen atoms in total. The third-order valence-corrected chi connectivity index (χ3v) is 4.45. The summed E-state index contributed by atoms with van der Waals surface area (Å²) in [5.74, 6) is 0. The number of hydrogen-bond acceptors (Lipinski definition) is 5. The highest BCUT2D eigenvalue weighted by Gasteiger charge is 2.19. The summed E-state index contributed by atoms with van der Waals surface area (Å²) in [6.07, 6.45) is 5.32. The van der Waals surface area contributed by atoms with Crippen molar-refractivity contribution < 1.29 is 0 Å². The summed E-state index contributed by atoms with van der Waals surface area (Å²) in [5.41, 5.74) is 2.34. The number of thioether (sulfide) groups is 1. The molecule has 0 fully saturated rings. The number of aromatic nitrogens is 5. The van der Waals surface area contributed by atoms with Gasteiger partial charge in [0.1, 0.15) is 5.39 Å². The van der Waals surface area contributed by atoms with Crippen molar-refractivity contribution in [3.63, 3.8) is 0 Å². The molecule has 0 aliphatic rings. The summed E-state index contributed by atoms with van der Waals surface area (Å²) in [4.78, 5) is 26.0. The summed E-state index contributed by atoms with van der Waals surface area (Å²) in [5, 5.41) is 1.18. The quantitative estimate of drug-likeness (QED) is 0.540. The first-order valence-corrected chi connectivity index (χ1v) is 9.08. The molecule has 0 aromatic carbocycles. The maximum absolute atomic E-state index is 12.7. The molecule has 3 rings (SSSR count). The minimum absolute atomic E-state index is 0.0737. The van der Waals surface area contributed by atoms with Crippen LogP contribution in [0.5, 0.6) is 0 Å². The van der Waals surface area contributed by atoms with Crippen LogP contribution in [0.1, 0.15) is 33.4 Å². The van der Waals surface area contributed by atoms with E-state index in [0.29, 0.717) is 22.7 Å². The summed E-state index contributed by atoms with van der Waals surface area (Å²) < 4.78 is 3.56. The van der Waals surface area contributed by atoms with Crippen molar-refractivity contribution >= 4 is 22.8 Å². The third-order valence-electron chi connectivity index (χ3n) is 3.89. The van der Waals surface area contributed by atoms with Crippen LogP contribution in [0, 0.1) is 0 Å². The molecule has 0 aliphatic heterocycles. The van der Waals surface area contributed by atoms with E-state index in [0.717, 1.165) is 11.4 Å². The zero-order valence-corrected chi connectivity index (χ0v) is 15.4. The van der Waals surface area contributed by atoms with E-state index in [1.165, 1.54) is 11.8 Å². The normalized spacial score (nSPS) is 12.0. The number of fused-ring (bicyclic) bond motifs is 1. The van der Waals surface area contributed by atoms with Gasteiger partial charge in [-0.05, 0) is 25.3 Å². The molecule has 3 aromatic heterocycles. The third kappa shape index (κ3) is 2.73. The SMILES string of the molecule is CCn1c(=O)c2cnc(SC)nc2n1-c1ccnc(C(C)(C)C)c1. The van der Waals surface area contributed by atoms with E-state index in [4.69, 9.17) is 0 Å². The van der Waals surface area contributed by atoms with Crippen LogP contribution in [0.15, 0.2) is 34.5 Å². The van der Waals surface area contributed by atoms with Crippen molar-refractivity contribution in [2.75, 3.05) is 6.26 Å². The molecule has 0 amide bonds. The second kappa shape index (κ2) is 6.05. The standard InChI is InChI=1S/C17H21N5OS/c1-6-21-15(23)12-10-19-16(24-5)20-14(12)22(21)11-7-8-18-13(9-11)17(2,3)4/h7-10H,6H2,1-5H3. The van der Waals surface area contributed by atoms with Gasteiger partial charge in [-0.3, -0.25) is 9.78 Å². The van der Waals surface area contributed by atoms with Crippen molar-refractivity contribution in [1.29, 1.82) is 0 Å². The van der Waals surface area contributed by atoms with Gasteiger partial charge in [-0.25, -0.2) is 19.3 Å². The number of nitrogens with zero attached hydrogens (tertiary/aromatic N) is 5. The van der Waals surface area contributed by atoms with Crippen molar-refractivity contribution in [3.05, 3.63) is 40.6 Å². The monoisotopic (exact) mass is 343 g/mol. The van der Waals surface area contributed by atoms with Crippen LogP contribution < -0.4 is 5.56 Å². The van der Waals surface area contributed by atoms with E-state index < -0.39 is 0 Å².